The average Bonchev–Trinajstić information content (AvgIpc) is 3.21. The maximum Gasteiger partial charge on any atom is 0.352 e. The number of H-pyrrole nitrogens is 1. The number of anilines is 1. The van der Waals surface area contributed by atoms with E-state index in [4.69, 9.17) is 9.47 Å². The summed E-state index contributed by atoms with van der Waals surface area (Å²) in [6.45, 7) is 2.34. The minimum Gasteiger partial charge on any atom is -0.491 e. The summed E-state index contributed by atoms with van der Waals surface area (Å²) < 4.78 is 38.7. The molecule has 3 rings (SSSR count). The van der Waals surface area contributed by atoms with Crippen LogP contribution in [0.3, 0.4) is 0 Å². The highest BCUT2D eigenvalue weighted by Crippen LogP contribution is 2.33. The maximum absolute atomic E-state index is 12.7. The minimum atomic E-state index is -3.82. The van der Waals surface area contributed by atoms with Gasteiger partial charge in [-0.3, -0.25) is 4.72 Å². The van der Waals surface area contributed by atoms with Crippen LogP contribution in [0.2, 0.25) is 0 Å². The van der Waals surface area contributed by atoms with Gasteiger partial charge in [0.2, 0.25) is 0 Å². The number of ether oxygens (including phenoxy) is 2. The number of hydrogen-bond donors (Lipinski definition) is 3. The highest BCUT2D eigenvalue weighted by Gasteiger charge is 2.21. The number of aromatic carboxylic acids is 1. The zero-order valence-corrected chi connectivity index (χ0v) is 16.2. The van der Waals surface area contributed by atoms with Crippen molar-refractivity contribution >= 4 is 43.9 Å². The highest BCUT2D eigenvalue weighted by molar-refractivity contribution is 7.94. The number of carboxylic acids is 1. The SMILES string of the molecule is COCCOc1cc(NS(=O)(=O)c2sccc2C)c2[nH]c(C(=O)O)cc2c1. The molecule has 10 heteroatoms. The monoisotopic (exact) mass is 410 g/mol. The number of aryl methyl sites for hydroxylation is 1. The zero-order chi connectivity index (χ0) is 19.6. The van der Waals surface area contributed by atoms with Gasteiger partial charge in [-0.2, -0.15) is 0 Å². The second kappa shape index (κ2) is 7.59. The van der Waals surface area contributed by atoms with Crippen LogP contribution in [0.5, 0.6) is 5.75 Å². The lowest BCUT2D eigenvalue weighted by Crippen LogP contribution is -2.13. The van der Waals surface area contributed by atoms with Gasteiger partial charge in [-0.15, -0.1) is 11.3 Å². The van der Waals surface area contributed by atoms with Gasteiger partial charge in [-0.05, 0) is 36.1 Å². The summed E-state index contributed by atoms with van der Waals surface area (Å²) in [5, 5.41) is 11.4. The lowest BCUT2D eigenvalue weighted by Gasteiger charge is -2.12. The van der Waals surface area contributed by atoms with Gasteiger partial charge in [-0.1, -0.05) is 0 Å². The van der Waals surface area contributed by atoms with Crippen LogP contribution >= 0.6 is 11.3 Å². The molecule has 0 bridgehead atoms. The van der Waals surface area contributed by atoms with Crippen LogP contribution in [0.25, 0.3) is 10.9 Å². The Morgan fingerprint density at radius 2 is 2.07 bits per heavy atom. The van der Waals surface area contributed by atoms with Crippen LogP contribution in [0.1, 0.15) is 16.1 Å². The third kappa shape index (κ3) is 4.07. The number of carbonyl (C=O) groups is 1. The van der Waals surface area contributed by atoms with E-state index in [1.54, 1.807) is 31.5 Å². The smallest absolute Gasteiger partial charge is 0.352 e. The van der Waals surface area contributed by atoms with Crippen molar-refractivity contribution in [3.63, 3.8) is 0 Å². The summed E-state index contributed by atoms with van der Waals surface area (Å²) in [4.78, 5) is 14.0. The zero-order valence-electron chi connectivity index (χ0n) is 14.6. The van der Waals surface area contributed by atoms with Crippen molar-refractivity contribution in [2.45, 2.75) is 11.1 Å². The van der Waals surface area contributed by atoms with Gasteiger partial charge in [0, 0.05) is 18.6 Å². The van der Waals surface area contributed by atoms with Crippen molar-refractivity contribution in [2.75, 3.05) is 25.0 Å². The first-order valence-electron chi connectivity index (χ1n) is 7.90. The number of methoxy groups -OCH3 is 1. The summed E-state index contributed by atoms with van der Waals surface area (Å²) in [5.41, 5.74) is 1.16. The summed E-state index contributed by atoms with van der Waals surface area (Å²) in [5.74, 6) is -0.743. The lowest BCUT2D eigenvalue weighted by atomic mass is 10.2. The molecular formula is C17H18N2O6S2. The maximum atomic E-state index is 12.7. The summed E-state index contributed by atoms with van der Waals surface area (Å²) >= 11 is 1.11. The molecule has 0 radical (unpaired) electrons. The molecule has 0 amide bonds. The van der Waals surface area contributed by atoms with Crippen molar-refractivity contribution in [1.82, 2.24) is 4.98 Å². The first-order valence-corrected chi connectivity index (χ1v) is 10.3. The standard InChI is InChI=1S/C17H18N2O6S2/c1-10-3-6-26-17(10)27(22,23)19-13-9-12(25-5-4-24-2)7-11-8-14(16(20)21)18-15(11)13/h3,6-9,18-19H,4-5H2,1-2H3,(H,20,21). The van der Waals surface area contributed by atoms with E-state index >= 15 is 0 Å². The van der Waals surface area contributed by atoms with Crippen LogP contribution in [0.4, 0.5) is 5.69 Å². The summed E-state index contributed by atoms with van der Waals surface area (Å²) in [6.07, 6.45) is 0. The Morgan fingerprint density at radius 3 is 2.70 bits per heavy atom. The number of nitrogens with one attached hydrogen (secondary N) is 2. The summed E-state index contributed by atoms with van der Waals surface area (Å²) in [6, 6.07) is 6.30. The Bertz CT molecular complexity index is 1080. The minimum absolute atomic E-state index is 0.0493. The van der Waals surface area contributed by atoms with Crippen molar-refractivity contribution in [1.29, 1.82) is 0 Å². The number of carboxylic acid groups (broad SMARTS) is 1. The molecule has 0 saturated heterocycles. The van der Waals surface area contributed by atoms with Crippen molar-refractivity contribution in [3.05, 3.63) is 40.9 Å². The number of aromatic amines is 1. The van der Waals surface area contributed by atoms with E-state index in [9.17, 15) is 18.3 Å². The molecule has 0 aliphatic carbocycles. The van der Waals surface area contributed by atoms with Crippen LogP contribution in [0.15, 0.2) is 33.9 Å². The first-order chi connectivity index (χ1) is 12.8. The van der Waals surface area contributed by atoms with E-state index in [0.29, 0.717) is 28.8 Å². The highest BCUT2D eigenvalue weighted by atomic mass is 32.2. The Labute approximate surface area is 159 Å². The number of hydrogen-bond acceptors (Lipinski definition) is 6. The number of sulfonamides is 1. The average molecular weight is 410 g/mol. The van der Waals surface area contributed by atoms with Crippen LogP contribution in [0, 0.1) is 6.92 Å². The van der Waals surface area contributed by atoms with Gasteiger partial charge >= 0.3 is 5.97 Å². The third-order valence-corrected chi connectivity index (χ3v) is 6.85. The Hall–Kier alpha value is -2.56. The fourth-order valence-corrected chi connectivity index (χ4v) is 5.05. The number of benzene rings is 1. The van der Waals surface area contributed by atoms with E-state index in [-0.39, 0.29) is 22.2 Å². The Morgan fingerprint density at radius 1 is 1.30 bits per heavy atom. The van der Waals surface area contributed by atoms with Crippen LogP contribution < -0.4 is 9.46 Å². The fourth-order valence-electron chi connectivity index (χ4n) is 2.56. The van der Waals surface area contributed by atoms with Gasteiger partial charge in [0.25, 0.3) is 10.0 Å². The number of rotatable bonds is 8. The molecule has 0 atom stereocenters. The molecular weight excluding hydrogens is 392 g/mol. The molecule has 0 aliphatic heterocycles. The predicted octanol–water partition coefficient (Wildman–Crippen LogP) is 3.06. The normalized spacial score (nSPS) is 11.6. The Kier molecular flexibility index (Phi) is 5.40. The molecule has 0 spiro atoms. The number of thiophene rings is 1. The molecule has 2 heterocycles. The fraction of sp³-hybridized carbons (Fsp3) is 0.235. The molecule has 2 aromatic heterocycles. The second-order valence-corrected chi connectivity index (χ2v) is 8.55. The van der Waals surface area contributed by atoms with Gasteiger partial charge in [-0.25, -0.2) is 13.2 Å². The van der Waals surface area contributed by atoms with E-state index in [2.05, 4.69) is 9.71 Å². The molecule has 0 fully saturated rings. The molecule has 0 aliphatic rings. The molecule has 144 valence electrons. The molecule has 0 unspecified atom stereocenters. The molecule has 3 aromatic rings. The van der Waals surface area contributed by atoms with E-state index < -0.39 is 16.0 Å². The number of aromatic nitrogens is 1. The molecule has 27 heavy (non-hydrogen) atoms. The van der Waals surface area contributed by atoms with Gasteiger partial charge in [0.15, 0.2) is 0 Å². The van der Waals surface area contributed by atoms with Crippen LogP contribution in [-0.4, -0.2) is 44.8 Å². The number of fused-ring (bicyclic) bond motifs is 1. The second-order valence-electron chi connectivity index (χ2n) is 5.76. The van der Waals surface area contributed by atoms with Crippen molar-refractivity contribution in [3.8, 4) is 5.75 Å². The lowest BCUT2D eigenvalue weighted by molar-refractivity contribution is 0.0691. The van der Waals surface area contributed by atoms with Crippen LogP contribution in [-0.2, 0) is 14.8 Å². The van der Waals surface area contributed by atoms with Gasteiger partial charge < -0.3 is 19.6 Å². The van der Waals surface area contributed by atoms with E-state index in [1.807, 2.05) is 0 Å². The topological polar surface area (TPSA) is 118 Å². The molecule has 0 saturated carbocycles. The van der Waals surface area contributed by atoms with Crippen molar-refractivity contribution in [2.24, 2.45) is 0 Å². The van der Waals surface area contributed by atoms with E-state index in [1.165, 1.54) is 12.1 Å². The summed E-state index contributed by atoms with van der Waals surface area (Å²) in [7, 11) is -2.28. The quantitative estimate of drug-likeness (QED) is 0.491. The molecule has 1 aromatic carbocycles. The van der Waals surface area contributed by atoms with Crippen molar-refractivity contribution < 1.29 is 27.8 Å². The third-order valence-electron chi connectivity index (χ3n) is 3.79. The molecule has 3 N–H and O–H groups in total. The molecule has 8 nitrogen and oxygen atoms in total. The van der Waals surface area contributed by atoms with Gasteiger partial charge in [0.05, 0.1) is 17.8 Å². The largest absolute Gasteiger partial charge is 0.491 e. The predicted molar refractivity (Wildman–Crippen MR) is 102 cm³/mol. The Balaban J connectivity index is 2.05. The first kappa shape index (κ1) is 19.2. The van der Waals surface area contributed by atoms with E-state index in [0.717, 1.165) is 11.3 Å². The van der Waals surface area contributed by atoms with Gasteiger partial charge in [0.1, 0.15) is 22.3 Å².